The first kappa shape index (κ1) is 37.3. The lowest BCUT2D eigenvalue weighted by molar-refractivity contribution is 0.0442. The zero-order chi connectivity index (χ0) is 42.8. The Morgan fingerprint density at radius 1 is 0.290 bits per heavy atom. The number of nitrogens with zero attached hydrogens (tertiary/aromatic N) is 4. The van der Waals surface area contributed by atoms with Crippen LogP contribution in [0, 0.1) is 23.7 Å². The highest BCUT2D eigenvalue weighted by Crippen LogP contribution is 2.37. The van der Waals surface area contributed by atoms with Gasteiger partial charge in [-0.3, -0.25) is 58.0 Å². The third-order valence-electron chi connectivity index (χ3n) is 11.0. The molecular weight excluding hydrogens is 785 g/mol. The van der Waals surface area contributed by atoms with Crippen molar-refractivity contribution < 1.29 is 38.4 Å². The monoisotopic (exact) mass is 810 g/mol. The summed E-state index contributed by atoms with van der Waals surface area (Å²) in [4.78, 5) is 112. The maximum atomic E-state index is 14.1. The van der Waals surface area contributed by atoms with Crippen LogP contribution in [0.15, 0.2) is 133 Å². The van der Waals surface area contributed by atoms with Crippen molar-refractivity contribution in [3.05, 3.63) is 200 Å². The summed E-state index contributed by atoms with van der Waals surface area (Å²) >= 11 is 0. The first-order valence-electron chi connectivity index (χ1n) is 19.2. The largest absolute Gasteiger partial charge is 0.269 e. The van der Waals surface area contributed by atoms with Crippen LogP contribution in [0.25, 0.3) is 11.1 Å². The van der Waals surface area contributed by atoms with Gasteiger partial charge in [-0.1, -0.05) is 78.3 Å². The Labute approximate surface area is 352 Å². The van der Waals surface area contributed by atoms with E-state index < -0.39 is 60.6 Å². The smallest absolute Gasteiger partial charge is 0.263 e. The normalized spacial score (nSPS) is 14.8. The van der Waals surface area contributed by atoms with Crippen molar-refractivity contribution in [1.82, 2.24) is 19.6 Å². The summed E-state index contributed by atoms with van der Waals surface area (Å²) in [5, 5.41) is 0. The van der Waals surface area contributed by atoms with Gasteiger partial charge in [-0.15, -0.1) is 0 Å². The molecule has 4 aliphatic rings. The van der Waals surface area contributed by atoms with E-state index in [-0.39, 0.29) is 50.1 Å². The van der Waals surface area contributed by atoms with Gasteiger partial charge in [0.05, 0.1) is 44.5 Å². The Bertz CT molecular complexity index is 3230. The van der Waals surface area contributed by atoms with Crippen LogP contribution in [0.2, 0.25) is 0 Å². The zero-order valence-corrected chi connectivity index (χ0v) is 32.2. The molecule has 6 aromatic rings. The third kappa shape index (κ3) is 5.98. The van der Waals surface area contributed by atoms with Gasteiger partial charge in [0.1, 0.15) is 13.3 Å². The number of fused-ring (bicyclic) bond motifs is 4. The predicted octanol–water partition coefficient (Wildman–Crippen LogP) is 5.85. The molecule has 0 aliphatic carbocycles. The molecule has 12 heteroatoms. The van der Waals surface area contributed by atoms with E-state index in [4.69, 9.17) is 0 Å². The van der Waals surface area contributed by atoms with E-state index in [1.165, 1.54) is 48.5 Å². The van der Waals surface area contributed by atoms with E-state index in [0.717, 1.165) is 30.7 Å². The van der Waals surface area contributed by atoms with E-state index >= 15 is 0 Å². The van der Waals surface area contributed by atoms with Crippen LogP contribution >= 0.6 is 0 Å². The quantitative estimate of drug-likeness (QED) is 0.156. The van der Waals surface area contributed by atoms with Crippen LogP contribution in [0.3, 0.4) is 0 Å². The standard InChI is InChI=1S/C50H26N4O8/c55-43-35-21-18-31(16-14-29-8-3-1-4-9-29)24-39(35)47(59)51(43)27-52-45(57)37-23-20-33(26-41(37)49(52)61)34-12-7-13-38-42(34)50(62)54(46(38)58)28-53-44(56)36-22-19-32(25-40(36)48(53)60)17-15-30-10-5-2-6-11-30/h1-13,18-26H,27-28H2. The molecule has 0 unspecified atom stereocenters. The van der Waals surface area contributed by atoms with Crippen LogP contribution < -0.4 is 0 Å². The number of carbonyl (C=O) groups is 8. The van der Waals surface area contributed by atoms with Gasteiger partial charge in [-0.2, -0.15) is 0 Å². The summed E-state index contributed by atoms with van der Waals surface area (Å²) in [5.74, 6) is 6.30. The number of rotatable bonds is 5. The molecule has 0 fully saturated rings. The first-order valence-corrected chi connectivity index (χ1v) is 19.2. The molecular formula is C50H26N4O8. The number of hydrogen-bond acceptors (Lipinski definition) is 8. The van der Waals surface area contributed by atoms with Crippen LogP contribution in [0.1, 0.15) is 105 Å². The lowest BCUT2D eigenvalue weighted by Gasteiger charge is -2.21. The minimum absolute atomic E-state index is 0.0139. The molecule has 0 radical (unpaired) electrons. The van der Waals surface area contributed by atoms with Crippen LogP contribution in [0.4, 0.5) is 0 Å². The summed E-state index contributed by atoms with van der Waals surface area (Å²) in [6.07, 6.45) is 0. The molecule has 0 saturated carbocycles. The first-order chi connectivity index (χ1) is 30.1. The lowest BCUT2D eigenvalue weighted by Crippen LogP contribution is -2.43. The number of imide groups is 4. The Balaban J connectivity index is 0.867. The molecule has 0 atom stereocenters. The summed E-state index contributed by atoms with van der Waals surface area (Å²) in [5.41, 5.74) is 3.55. The highest BCUT2D eigenvalue weighted by atomic mass is 16.2. The van der Waals surface area contributed by atoms with Crippen molar-refractivity contribution in [3.8, 4) is 34.8 Å². The number of hydrogen-bond donors (Lipinski definition) is 0. The molecule has 12 nitrogen and oxygen atoms in total. The molecule has 6 aromatic carbocycles. The summed E-state index contributed by atoms with van der Waals surface area (Å²) in [7, 11) is 0. The maximum absolute atomic E-state index is 14.1. The van der Waals surface area contributed by atoms with Crippen molar-refractivity contribution in [1.29, 1.82) is 0 Å². The van der Waals surface area contributed by atoms with Crippen LogP contribution in [0.5, 0.6) is 0 Å². The second-order valence-corrected chi connectivity index (χ2v) is 14.7. The molecule has 0 spiro atoms. The van der Waals surface area contributed by atoms with E-state index in [2.05, 4.69) is 23.7 Å². The van der Waals surface area contributed by atoms with E-state index in [1.54, 1.807) is 24.3 Å². The van der Waals surface area contributed by atoms with E-state index in [9.17, 15) is 38.4 Å². The van der Waals surface area contributed by atoms with Crippen LogP contribution in [-0.2, 0) is 0 Å². The summed E-state index contributed by atoms with van der Waals surface area (Å²) in [6.45, 7) is -1.28. The lowest BCUT2D eigenvalue weighted by atomic mass is 9.94. The fraction of sp³-hybridized carbons (Fsp3) is 0.0400. The van der Waals surface area contributed by atoms with Gasteiger partial charge in [0, 0.05) is 22.3 Å². The van der Waals surface area contributed by atoms with Gasteiger partial charge >= 0.3 is 0 Å². The minimum Gasteiger partial charge on any atom is -0.269 e. The van der Waals surface area contributed by atoms with Crippen molar-refractivity contribution in [2.75, 3.05) is 13.3 Å². The summed E-state index contributed by atoms with van der Waals surface area (Å²) in [6, 6.07) is 36.6. The molecule has 4 aliphatic heterocycles. The molecule has 0 bridgehead atoms. The number of benzene rings is 6. The number of amides is 8. The molecule has 294 valence electrons. The van der Waals surface area contributed by atoms with Gasteiger partial charge in [0.15, 0.2) is 0 Å². The highest BCUT2D eigenvalue weighted by Gasteiger charge is 2.45. The summed E-state index contributed by atoms with van der Waals surface area (Å²) < 4.78 is 0. The fourth-order valence-corrected chi connectivity index (χ4v) is 7.90. The second-order valence-electron chi connectivity index (χ2n) is 14.7. The van der Waals surface area contributed by atoms with Gasteiger partial charge in [0.25, 0.3) is 47.3 Å². The van der Waals surface area contributed by atoms with E-state index in [0.29, 0.717) is 16.7 Å². The third-order valence-corrected chi connectivity index (χ3v) is 11.0. The Kier molecular flexibility index (Phi) is 8.64. The number of carbonyl (C=O) groups excluding carboxylic acids is 8. The average molecular weight is 811 g/mol. The second kappa shape index (κ2) is 14.4. The average Bonchev–Trinajstić information content (AvgIpc) is 3.88. The van der Waals surface area contributed by atoms with Crippen molar-refractivity contribution >= 4 is 47.3 Å². The Hall–Kier alpha value is -9.00. The Morgan fingerprint density at radius 3 is 1.15 bits per heavy atom. The van der Waals surface area contributed by atoms with Gasteiger partial charge in [-0.25, -0.2) is 0 Å². The maximum Gasteiger partial charge on any atom is 0.263 e. The fourth-order valence-electron chi connectivity index (χ4n) is 7.90. The van der Waals surface area contributed by atoms with E-state index in [1.807, 2.05) is 60.7 Å². The molecule has 62 heavy (non-hydrogen) atoms. The molecule has 0 N–H and O–H groups in total. The molecule has 8 amide bonds. The van der Waals surface area contributed by atoms with Gasteiger partial charge < -0.3 is 0 Å². The predicted molar refractivity (Wildman–Crippen MR) is 221 cm³/mol. The van der Waals surface area contributed by atoms with Crippen molar-refractivity contribution in [2.24, 2.45) is 0 Å². The molecule has 10 rings (SSSR count). The molecule has 0 aromatic heterocycles. The highest BCUT2D eigenvalue weighted by molar-refractivity contribution is 6.27. The molecule has 4 heterocycles. The molecule has 0 saturated heterocycles. The van der Waals surface area contributed by atoms with Gasteiger partial charge in [-0.05, 0) is 90.0 Å². The van der Waals surface area contributed by atoms with Crippen molar-refractivity contribution in [2.45, 2.75) is 0 Å². The van der Waals surface area contributed by atoms with Crippen LogP contribution in [-0.4, -0.2) is 80.2 Å². The van der Waals surface area contributed by atoms with Crippen molar-refractivity contribution in [3.63, 3.8) is 0 Å². The Morgan fingerprint density at radius 2 is 0.661 bits per heavy atom. The SMILES string of the molecule is O=C1c2ccc(C#Cc3ccccc3)cc2C(=O)N1CN1C(=O)c2ccc(-c3cccc4c3C(=O)N(CN3C(=O)c5ccc(C#Cc6ccccc6)cc5C3=O)C4=O)cc2C1=O. The topological polar surface area (TPSA) is 150 Å². The zero-order valence-electron chi connectivity index (χ0n) is 32.2. The minimum atomic E-state index is -0.769. The van der Waals surface area contributed by atoms with Gasteiger partial charge in [0.2, 0.25) is 0 Å².